The van der Waals surface area contributed by atoms with Crippen molar-refractivity contribution in [2.75, 3.05) is 7.11 Å². The van der Waals surface area contributed by atoms with Crippen molar-refractivity contribution in [3.05, 3.63) is 12.2 Å². The SMILES string of the molecule is COC(=O)[C@@H]1[C@H]2C=C[C@H]([C@@H]3C[C@H]23)[C@@H]1C(=O)O. The number of carboxylic acid groups (broad SMARTS) is 1. The van der Waals surface area contributed by atoms with Crippen LogP contribution in [0.2, 0.25) is 0 Å². The molecule has 0 aromatic heterocycles. The molecule has 0 aromatic rings. The number of rotatable bonds is 2. The summed E-state index contributed by atoms with van der Waals surface area (Å²) in [4.78, 5) is 23.0. The van der Waals surface area contributed by atoms with E-state index >= 15 is 0 Å². The van der Waals surface area contributed by atoms with E-state index in [1.54, 1.807) is 0 Å². The molecule has 4 aliphatic carbocycles. The van der Waals surface area contributed by atoms with Crippen molar-refractivity contribution in [1.29, 1.82) is 0 Å². The topological polar surface area (TPSA) is 63.6 Å². The maximum atomic E-state index is 11.7. The predicted octanol–water partition coefficient (Wildman–Crippen LogP) is 0.928. The van der Waals surface area contributed by atoms with Crippen LogP contribution in [0.15, 0.2) is 12.2 Å². The van der Waals surface area contributed by atoms with Crippen molar-refractivity contribution in [3.8, 4) is 0 Å². The molecule has 0 amide bonds. The van der Waals surface area contributed by atoms with E-state index in [0.29, 0.717) is 11.8 Å². The molecule has 0 aromatic carbocycles. The van der Waals surface area contributed by atoms with Gasteiger partial charge in [0.25, 0.3) is 0 Å². The smallest absolute Gasteiger partial charge is 0.310 e. The second-order valence-electron chi connectivity index (χ2n) is 5.02. The summed E-state index contributed by atoms with van der Waals surface area (Å²) in [6, 6.07) is 0. The third-order valence-corrected chi connectivity index (χ3v) is 4.41. The first kappa shape index (κ1) is 9.87. The summed E-state index contributed by atoms with van der Waals surface area (Å²) in [6.45, 7) is 0. The van der Waals surface area contributed by atoms with Gasteiger partial charge in [-0.3, -0.25) is 9.59 Å². The molecule has 0 aliphatic heterocycles. The van der Waals surface area contributed by atoms with Gasteiger partial charge < -0.3 is 9.84 Å². The maximum Gasteiger partial charge on any atom is 0.310 e. The van der Waals surface area contributed by atoms with E-state index in [0.717, 1.165) is 6.42 Å². The summed E-state index contributed by atoms with van der Waals surface area (Å²) in [5.74, 6) is -1.13. The minimum Gasteiger partial charge on any atom is -0.481 e. The van der Waals surface area contributed by atoms with Crippen LogP contribution in [0.3, 0.4) is 0 Å². The van der Waals surface area contributed by atoms with Crippen LogP contribution in [0.25, 0.3) is 0 Å². The number of allylic oxidation sites excluding steroid dienone is 2. The average Bonchev–Trinajstić information content (AvgIpc) is 3.08. The minimum absolute atomic E-state index is 0.0385. The number of carbonyl (C=O) groups excluding carboxylic acids is 1. The van der Waals surface area contributed by atoms with Gasteiger partial charge in [0.2, 0.25) is 0 Å². The summed E-state index contributed by atoms with van der Waals surface area (Å²) < 4.78 is 4.75. The number of hydrogen-bond donors (Lipinski definition) is 1. The van der Waals surface area contributed by atoms with E-state index in [4.69, 9.17) is 4.74 Å². The van der Waals surface area contributed by atoms with Gasteiger partial charge in [0.15, 0.2) is 0 Å². The molecule has 4 heteroatoms. The predicted molar refractivity (Wildman–Crippen MR) is 54.3 cm³/mol. The lowest BCUT2D eigenvalue weighted by Gasteiger charge is -2.40. The van der Waals surface area contributed by atoms with E-state index in [9.17, 15) is 14.7 Å². The molecule has 4 nitrogen and oxygen atoms in total. The summed E-state index contributed by atoms with van der Waals surface area (Å²) in [6.07, 6.45) is 5.09. The Hall–Kier alpha value is -1.32. The quantitative estimate of drug-likeness (QED) is 0.557. The van der Waals surface area contributed by atoms with Crippen molar-refractivity contribution in [1.82, 2.24) is 0 Å². The van der Waals surface area contributed by atoms with E-state index in [2.05, 4.69) is 0 Å². The molecule has 0 unspecified atom stereocenters. The Morgan fingerprint density at radius 2 is 1.75 bits per heavy atom. The van der Waals surface area contributed by atoms with Crippen LogP contribution in [0, 0.1) is 35.5 Å². The summed E-state index contributed by atoms with van der Waals surface area (Å²) in [5, 5.41) is 9.27. The zero-order valence-electron chi connectivity index (χ0n) is 9.00. The Bertz CT molecular complexity index is 386. The molecule has 4 aliphatic rings. The van der Waals surface area contributed by atoms with Crippen molar-refractivity contribution in [2.24, 2.45) is 35.5 Å². The number of aliphatic carboxylic acids is 1. The monoisotopic (exact) mass is 222 g/mol. The number of methoxy groups -OCH3 is 1. The van der Waals surface area contributed by atoms with E-state index in [1.807, 2.05) is 12.2 Å². The molecule has 2 bridgehead atoms. The molecule has 2 fully saturated rings. The number of carbonyl (C=O) groups is 2. The normalized spacial score (nSPS) is 47.3. The third kappa shape index (κ3) is 1.10. The fourth-order valence-corrected chi connectivity index (χ4v) is 3.67. The Kier molecular flexibility index (Phi) is 1.91. The molecular weight excluding hydrogens is 208 g/mol. The Morgan fingerprint density at radius 1 is 1.19 bits per heavy atom. The lowest BCUT2D eigenvalue weighted by molar-refractivity contribution is -0.162. The minimum atomic E-state index is -0.861. The molecule has 2 saturated carbocycles. The van der Waals surface area contributed by atoms with E-state index in [1.165, 1.54) is 7.11 Å². The van der Waals surface area contributed by atoms with Gasteiger partial charge in [-0.15, -0.1) is 0 Å². The Labute approximate surface area is 93.3 Å². The average molecular weight is 222 g/mol. The van der Waals surface area contributed by atoms with Gasteiger partial charge in [0.05, 0.1) is 18.9 Å². The molecule has 0 spiro atoms. The Morgan fingerprint density at radius 3 is 2.25 bits per heavy atom. The molecule has 0 saturated heterocycles. The molecule has 6 atom stereocenters. The van der Waals surface area contributed by atoms with Gasteiger partial charge in [0.1, 0.15) is 0 Å². The second kappa shape index (κ2) is 3.09. The van der Waals surface area contributed by atoms with Crippen molar-refractivity contribution in [2.45, 2.75) is 6.42 Å². The fraction of sp³-hybridized carbons (Fsp3) is 0.667. The second-order valence-corrected chi connectivity index (χ2v) is 5.02. The van der Waals surface area contributed by atoms with Gasteiger partial charge in [-0.2, -0.15) is 0 Å². The zero-order chi connectivity index (χ0) is 11.4. The van der Waals surface area contributed by atoms with Crippen LogP contribution in [-0.2, 0) is 14.3 Å². The first-order valence-electron chi connectivity index (χ1n) is 5.64. The first-order valence-corrected chi connectivity index (χ1v) is 5.64. The van der Waals surface area contributed by atoms with E-state index in [-0.39, 0.29) is 17.8 Å². The molecule has 4 rings (SSSR count). The van der Waals surface area contributed by atoms with Crippen molar-refractivity contribution >= 4 is 11.9 Å². The number of fused-ring (bicyclic) bond motifs is 1. The van der Waals surface area contributed by atoms with Crippen LogP contribution in [0.1, 0.15) is 6.42 Å². The highest BCUT2D eigenvalue weighted by atomic mass is 16.5. The van der Waals surface area contributed by atoms with Crippen LogP contribution in [-0.4, -0.2) is 24.2 Å². The highest BCUT2D eigenvalue weighted by Crippen LogP contribution is 2.63. The highest BCUT2D eigenvalue weighted by Gasteiger charge is 2.63. The van der Waals surface area contributed by atoms with Gasteiger partial charge in [-0.1, -0.05) is 12.2 Å². The Balaban J connectivity index is 1.98. The van der Waals surface area contributed by atoms with Crippen LogP contribution in [0.5, 0.6) is 0 Å². The molecular formula is C12H14O4. The van der Waals surface area contributed by atoms with Crippen LogP contribution < -0.4 is 0 Å². The number of esters is 1. The first-order chi connectivity index (χ1) is 7.65. The van der Waals surface area contributed by atoms with Crippen LogP contribution >= 0.6 is 0 Å². The molecule has 1 N–H and O–H groups in total. The number of hydrogen-bond acceptors (Lipinski definition) is 3. The highest BCUT2D eigenvalue weighted by molar-refractivity contribution is 5.83. The molecule has 0 heterocycles. The molecule has 86 valence electrons. The summed E-state index contributed by atoms with van der Waals surface area (Å²) in [5.41, 5.74) is 0. The van der Waals surface area contributed by atoms with Gasteiger partial charge in [-0.05, 0) is 30.1 Å². The van der Waals surface area contributed by atoms with Crippen molar-refractivity contribution < 1.29 is 19.4 Å². The van der Waals surface area contributed by atoms with Gasteiger partial charge in [0, 0.05) is 0 Å². The van der Waals surface area contributed by atoms with E-state index < -0.39 is 17.8 Å². The largest absolute Gasteiger partial charge is 0.481 e. The van der Waals surface area contributed by atoms with Gasteiger partial charge in [-0.25, -0.2) is 0 Å². The number of ether oxygens (including phenoxy) is 1. The zero-order valence-corrected chi connectivity index (χ0v) is 9.00. The van der Waals surface area contributed by atoms with Gasteiger partial charge >= 0.3 is 11.9 Å². The summed E-state index contributed by atoms with van der Waals surface area (Å²) in [7, 11) is 1.33. The van der Waals surface area contributed by atoms with Crippen molar-refractivity contribution in [3.63, 3.8) is 0 Å². The number of carboxylic acids is 1. The van der Waals surface area contributed by atoms with Crippen LogP contribution in [0.4, 0.5) is 0 Å². The summed E-state index contributed by atoms with van der Waals surface area (Å²) >= 11 is 0. The fourth-order valence-electron chi connectivity index (χ4n) is 3.67. The maximum absolute atomic E-state index is 11.7. The lowest BCUT2D eigenvalue weighted by Crippen LogP contribution is -2.46. The molecule has 16 heavy (non-hydrogen) atoms. The molecule has 0 radical (unpaired) electrons. The third-order valence-electron chi connectivity index (χ3n) is 4.41. The standard InChI is InChI=1S/C12H14O4/c1-16-12(15)10-6-3-2-5(7-4-8(6)7)9(10)11(13)14/h2-3,5-10H,4H2,1H3,(H,13,14)/t5-,6+,7+,8-,9+,10-/m1/s1. The lowest BCUT2D eigenvalue weighted by atomic mass is 9.62.